The van der Waals surface area contributed by atoms with Crippen molar-refractivity contribution in [1.82, 2.24) is 10.2 Å². The van der Waals surface area contributed by atoms with Gasteiger partial charge in [-0.1, -0.05) is 19.1 Å². The fourth-order valence-electron chi connectivity index (χ4n) is 3.10. The monoisotopic (exact) mass is 370 g/mol. The topological polar surface area (TPSA) is 87.5 Å². The number of anilines is 1. The smallest absolute Gasteiger partial charge is 0.292 e. The van der Waals surface area contributed by atoms with Crippen molar-refractivity contribution in [1.29, 1.82) is 0 Å². The van der Waals surface area contributed by atoms with E-state index in [1.54, 1.807) is 18.2 Å². The number of amides is 1. The summed E-state index contributed by atoms with van der Waals surface area (Å²) in [6.45, 7) is 5.15. The number of nitro groups is 1. The zero-order chi connectivity index (χ0) is 17.4. The van der Waals surface area contributed by atoms with E-state index in [1.165, 1.54) is 6.07 Å². The molecule has 1 aromatic carbocycles. The summed E-state index contributed by atoms with van der Waals surface area (Å²) in [5.74, 6) is 0.120. The van der Waals surface area contributed by atoms with Crippen molar-refractivity contribution in [2.24, 2.45) is 0 Å². The molecule has 1 aliphatic rings. The Morgan fingerprint density at radius 3 is 2.68 bits per heavy atom. The van der Waals surface area contributed by atoms with Gasteiger partial charge in [0.05, 0.1) is 4.92 Å². The zero-order valence-corrected chi connectivity index (χ0v) is 15.4. The van der Waals surface area contributed by atoms with Crippen molar-refractivity contribution in [2.45, 2.75) is 38.6 Å². The third-order valence-electron chi connectivity index (χ3n) is 4.29. The lowest BCUT2D eigenvalue weighted by molar-refractivity contribution is -0.384. The second kappa shape index (κ2) is 10.9. The van der Waals surface area contributed by atoms with Gasteiger partial charge in [0.2, 0.25) is 5.91 Å². The van der Waals surface area contributed by atoms with Crippen LogP contribution in [0.25, 0.3) is 0 Å². The molecule has 7 nitrogen and oxygen atoms in total. The van der Waals surface area contributed by atoms with Gasteiger partial charge in [-0.25, -0.2) is 0 Å². The van der Waals surface area contributed by atoms with E-state index < -0.39 is 4.92 Å². The Labute approximate surface area is 154 Å². The lowest BCUT2D eigenvalue weighted by Gasteiger charge is -2.34. The number of hydrogen-bond donors (Lipinski definition) is 2. The Kier molecular flexibility index (Phi) is 9.23. The van der Waals surface area contributed by atoms with Gasteiger partial charge in [0.1, 0.15) is 5.69 Å². The molecule has 1 aliphatic heterocycles. The summed E-state index contributed by atoms with van der Waals surface area (Å²) >= 11 is 0. The van der Waals surface area contributed by atoms with E-state index in [0.29, 0.717) is 24.7 Å². The van der Waals surface area contributed by atoms with Gasteiger partial charge in [0.25, 0.3) is 5.69 Å². The van der Waals surface area contributed by atoms with Gasteiger partial charge in [-0.2, -0.15) is 0 Å². The molecule has 0 saturated carbocycles. The van der Waals surface area contributed by atoms with Gasteiger partial charge in [0.15, 0.2) is 0 Å². The molecular weight excluding hydrogens is 344 g/mol. The van der Waals surface area contributed by atoms with Gasteiger partial charge in [-0.3, -0.25) is 14.9 Å². The molecule has 2 rings (SSSR count). The molecule has 1 aromatic rings. The van der Waals surface area contributed by atoms with Crippen LogP contribution in [0.3, 0.4) is 0 Å². The Balaban J connectivity index is 0.00000312. The van der Waals surface area contributed by atoms with Crippen LogP contribution in [0.4, 0.5) is 11.4 Å². The third kappa shape index (κ3) is 6.17. The predicted octanol–water partition coefficient (Wildman–Crippen LogP) is 2.81. The van der Waals surface area contributed by atoms with Crippen molar-refractivity contribution in [3.8, 4) is 0 Å². The van der Waals surface area contributed by atoms with E-state index in [4.69, 9.17) is 0 Å². The molecule has 0 radical (unpaired) electrons. The summed E-state index contributed by atoms with van der Waals surface area (Å²) in [4.78, 5) is 25.2. The second-order valence-electron chi connectivity index (χ2n) is 6.02. The molecule has 1 saturated heterocycles. The molecule has 1 heterocycles. The molecule has 8 heteroatoms. The highest BCUT2D eigenvalue weighted by Gasteiger charge is 2.24. The Bertz CT molecular complexity index is 565. The summed E-state index contributed by atoms with van der Waals surface area (Å²) in [6.07, 6.45) is 3.26. The summed E-state index contributed by atoms with van der Waals surface area (Å²) in [5.41, 5.74) is 0.493. The number of nitrogens with one attached hydrogen (secondary N) is 2. The number of nitrogens with zero attached hydrogens (tertiary/aromatic N) is 2. The minimum atomic E-state index is -0.414. The van der Waals surface area contributed by atoms with Gasteiger partial charge in [0, 0.05) is 31.6 Å². The van der Waals surface area contributed by atoms with Gasteiger partial charge < -0.3 is 15.5 Å². The molecule has 0 aromatic heterocycles. The van der Waals surface area contributed by atoms with Crippen LogP contribution >= 0.6 is 12.4 Å². The van der Waals surface area contributed by atoms with E-state index in [1.807, 2.05) is 4.90 Å². The van der Waals surface area contributed by atoms with E-state index in [-0.39, 0.29) is 24.0 Å². The van der Waals surface area contributed by atoms with Crippen LogP contribution in [0.15, 0.2) is 24.3 Å². The highest BCUT2D eigenvalue weighted by molar-refractivity contribution is 5.85. The van der Waals surface area contributed by atoms with Crippen LogP contribution in [-0.4, -0.2) is 48.0 Å². The van der Waals surface area contributed by atoms with Gasteiger partial charge in [-0.05, 0) is 38.4 Å². The fraction of sp³-hybridized carbons (Fsp3) is 0.588. The molecule has 0 atom stereocenters. The first-order valence-corrected chi connectivity index (χ1v) is 8.61. The maximum Gasteiger partial charge on any atom is 0.292 e. The predicted molar refractivity (Wildman–Crippen MR) is 101 cm³/mol. The number of hydrogen-bond acceptors (Lipinski definition) is 5. The average Bonchev–Trinajstić information content (AvgIpc) is 2.60. The molecule has 2 N–H and O–H groups in total. The summed E-state index contributed by atoms with van der Waals surface area (Å²) < 4.78 is 0. The highest BCUT2D eigenvalue weighted by atomic mass is 35.5. The molecule has 0 unspecified atom stereocenters. The van der Waals surface area contributed by atoms with Crippen molar-refractivity contribution >= 4 is 29.7 Å². The van der Waals surface area contributed by atoms with Crippen LogP contribution in [0.5, 0.6) is 0 Å². The van der Waals surface area contributed by atoms with Gasteiger partial charge >= 0.3 is 0 Å². The highest BCUT2D eigenvalue weighted by Crippen LogP contribution is 2.23. The van der Waals surface area contributed by atoms with E-state index in [2.05, 4.69) is 17.6 Å². The van der Waals surface area contributed by atoms with E-state index in [9.17, 15) is 14.9 Å². The summed E-state index contributed by atoms with van der Waals surface area (Å²) in [6, 6.07) is 6.82. The molecule has 0 aliphatic carbocycles. The lowest BCUT2D eigenvalue weighted by Crippen LogP contribution is -2.46. The average molecular weight is 371 g/mol. The first-order valence-electron chi connectivity index (χ1n) is 8.61. The first kappa shape index (κ1) is 21.2. The number of halogens is 1. The minimum absolute atomic E-state index is 0. The van der Waals surface area contributed by atoms with Crippen LogP contribution in [0.1, 0.15) is 32.6 Å². The second-order valence-corrected chi connectivity index (χ2v) is 6.02. The summed E-state index contributed by atoms with van der Waals surface area (Å²) in [7, 11) is 0. The number of piperidine rings is 1. The van der Waals surface area contributed by atoms with Crippen LogP contribution < -0.4 is 10.6 Å². The van der Waals surface area contributed by atoms with Crippen molar-refractivity contribution in [3.63, 3.8) is 0 Å². The Hall–Kier alpha value is -1.86. The summed E-state index contributed by atoms with van der Waals surface area (Å²) in [5, 5.41) is 17.3. The van der Waals surface area contributed by atoms with E-state index in [0.717, 1.165) is 38.9 Å². The Morgan fingerprint density at radius 2 is 2.04 bits per heavy atom. The Morgan fingerprint density at radius 1 is 1.36 bits per heavy atom. The molecule has 1 amide bonds. The van der Waals surface area contributed by atoms with E-state index >= 15 is 0 Å². The molecule has 0 bridgehead atoms. The number of benzene rings is 1. The molecule has 140 valence electrons. The molecule has 25 heavy (non-hydrogen) atoms. The number of carbonyl (C=O) groups is 1. The van der Waals surface area contributed by atoms with Crippen molar-refractivity contribution < 1.29 is 9.72 Å². The SMILES string of the molecule is CCCN(C(=O)CCNc1ccccc1[N+](=O)[O-])C1CCNCC1.Cl. The lowest BCUT2D eigenvalue weighted by atomic mass is 10.0. The zero-order valence-electron chi connectivity index (χ0n) is 14.6. The van der Waals surface area contributed by atoms with Crippen molar-refractivity contribution in [2.75, 3.05) is 31.5 Å². The molecule has 0 spiro atoms. The maximum atomic E-state index is 12.6. The quantitative estimate of drug-likeness (QED) is 0.542. The molecular formula is C17H27ClN4O3. The maximum absolute atomic E-state index is 12.6. The van der Waals surface area contributed by atoms with Crippen LogP contribution in [0, 0.1) is 10.1 Å². The third-order valence-corrected chi connectivity index (χ3v) is 4.29. The largest absolute Gasteiger partial charge is 0.379 e. The standard InChI is InChI=1S/C17H26N4O3.ClH/c1-2-13-20(14-7-10-18-11-8-14)17(22)9-12-19-15-5-3-4-6-16(15)21(23)24;/h3-6,14,18-19H,2,7-13H2,1H3;1H. The van der Waals surface area contributed by atoms with Crippen molar-refractivity contribution in [3.05, 3.63) is 34.4 Å². The van der Waals surface area contributed by atoms with Crippen LogP contribution in [0.2, 0.25) is 0 Å². The normalized spacial score (nSPS) is 14.4. The number of rotatable bonds is 8. The fourth-order valence-corrected chi connectivity index (χ4v) is 3.10. The molecule has 1 fully saturated rings. The number of nitro benzene ring substituents is 1. The van der Waals surface area contributed by atoms with Gasteiger partial charge in [-0.15, -0.1) is 12.4 Å². The number of carbonyl (C=O) groups excluding carboxylic acids is 1. The first-order chi connectivity index (χ1) is 11.6. The number of para-hydroxylation sites is 2. The van der Waals surface area contributed by atoms with Crippen LogP contribution in [-0.2, 0) is 4.79 Å². The minimum Gasteiger partial charge on any atom is -0.379 e.